The summed E-state index contributed by atoms with van der Waals surface area (Å²) in [6.07, 6.45) is 2.76. The lowest BCUT2D eigenvalue weighted by Crippen LogP contribution is -2.33. The van der Waals surface area contributed by atoms with Crippen LogP contribution < -0.4 is 5.73 Å². The van der Waals surface area contributed by atoms with Crippen LogP contribution in [-0.2, 0) is 9.47 Å². The highest BCUT2D eigenvalue weighted by molar-refractivity contribution is 4.72. The van der Waals surface area contributed by atoms with Crippen molar-refractivity contribution in [2.24, 2.45) is 5.73 Å². The standard InChI is InChI=1S/C12H27NO3/c1-4-15-9-11(2)16-8-6-5-7-12(3,14)10-13/h11,14H,4-10,13H2,1-3H3. The molecule has 0 aliphatic carbocycles. The molecule has 0 spiro atoms. The zero-order chi connectivity index (χ0) is 12.4. The molecular formula is C12H27NO3. The molecule has 98 valence electrons. The Labute approximate surface area is 99.1 Å². The number of ether oxygens (including phenoxy) is 2. The van der Waals surface area contributed by atoms with Gasteiger partial charge in [0.05, 0.1) is 18.3 Å². The fourth-order valence-corrected chi connectivity index (χ4v) is 1.33. The number of rotatable bonds is 10. The van der Waals surface area contributed by atoms with Crippen molar-refractivity contribution in [2.45, 2.75) is 51.7 Å². The average molecular weight is 233 g/mol. The Hall–Kier alpha value is -0.160. The molecule has 0 heterocycles. The van der Waals surface area contributed by atoms with Crippen LogP contribution >= 0.6 is 0 Å². The van der Waals surface area contributed by atoms with Crippen LogP contribution in [-0.4, -0.2) is 43.2 Å². The van der Waals surface area contributed by atoms with E-state index in [1.807, 2.05) is 13.8 Å². The summed E-state index contributed by atoms with van der Waals surface area (Å²) in [6.45, 7) is 8.16. The molecule has 0 saturated heterocycles. The summed E-state index contributed by atoms with van der Waals surface area (Å²) >= 11 is 0. The van der Waals surface area contributed by atoms with Crippen molar-refractivity contribution in [3.05, 3.63) is 0 Å². The second-order valence-corrected chi connectivity index (χ2v) is 4.50. The lowest BCUT2D eigenvalue weighted by atomic mass is 10.00. The quantitative estimate of drug-likeness (QED) is 0.558. The van der Waals surface area contributed by atoms with Gasteiger partial charge in [-0.2, -0.15) is 0 Å². The van der Waals surface area contributed by atoms with Gasteiger partial charge in [0.15, 0.2) is 0 Å². The van der Waals surface area contributed by atoms with Crippen molar-refractivity contribution < 1.29 is 14.6 Å². The first kappa shape index (κ1) is 15.8. The van der Waals surface area contributed by atoms with Gasteiger partial charge in [0, 0.05) is 19.8 Å². The second-order valence-electron chi connectivity index (χ2n) is 4.50. The molecule has 0 aromatic carbocycles. The van der Waals surface area contributed by atoms with Gasteiger partial charge in [-0.1, -0.05) is 0 Å². The van der Waals surface area contributed by atoms with E-state index >= 15 is 0 Å². The van der Waals surface area contributed by atoms with Crippen LogP contribution in [0, 0.1) is 0 Å². The molecule has 0 fully saturated rings. The Morgan fingerprint density at radius 1 is 1.38 bits per heavy atom. The van der Waals surface area contributed by atoms with Gasteiger partial charge in [-0.15, -0.1) is 0 Å². The Kier molecular flexibility index (Phi) is 8.84. The highest BCUT2D eigenvalue weighted by Crippen LogP contribution is 2.11. The van der Waals surface area contributed by atoms with Crippen LogP contribution in [0.3, 0.4) is 0 Å². The van der Waals surface area contributed by atoms with Gasteiger partial charge in [-0.25, -0.2) is 0 Å². The van der Waals surface area contributed by atoms with Crippen molar-refractivity contribution in [3.63, 3.8) is 0 Å². The topological polar surface area (TPSA) is 64.7 Å². The van der Waals surface area contributed by atoms with Gasteiger partial charge >= 0.3 is 0 Å². The summed E-state index contributed by atoms with van der Waals surface area (Å²) in [5, 5.41) is 9.66. The largest absolute Gasteiger partial charge is 0.389 e. The van der Waals surface area contributed by atoms with Crippen LogP contribution in [0.2, 0.25) is 0 Å². The number of nitrogens with two attached hydrogens (primary N) is 1. The molecule has 0 aliphatic rings. The number of unbranched alkanes of at least 4 members (excludes halogenated alkanes) is 1. The van der Waals surface area contributed by atoms with Crippen LogP contribution in [0.5, 0.6) is 0 Å². The predicted octanol–water partition coefficient (Wildman–Crippen LogP) is 1.31. The maximum Gasteiger partial charge on any atom is 0.0780 e. The second kappa shape index (κ2) is 8.93. The Morgan fingerprint density at radius 2 is 2.06 bits per heavy atom. The molecule has 16 heavy (non-hydrogen) atoms. The van der Waals surface area contributed by atoms with Crippen LogP contribution in [0.4, 0.5) is 0 Å². The van der Waals surface area contributed by atoms with Gasteiger partial charge in [0.2, 0.25) is 0 Å². The smallest absolute Gasteiger partial charge is 0.0780 e. The van der Waals surface area contributed by atoms with Crippen molar-refractivity contribution in [2.75, 3.05) is 26.4 Å². The zero-order valence-corrected chi connectivity index (χ0v) is 10.9. The Bertz CT molecular complexity index is 162. The van der Waals surface area contributed by atoms with Gasteiger partial charge in [0.1, 0.15) is 0 Å². The summed E-state index contributed by atoms with van der Waals surface area (Å²) in [4.78, 5) is 0. The van der Waals surface area contributed by atoms with Crippen LogP contribution in [0.15, 0.2) is 0 Å². The number of hydrogen-bond donors (Lipinski definition) is 2. The summed E-state index contributed by atoms with van der Waals surface area (Å²) in [6, 6.07) is 0. The molecule has 4 nitrogen and oxygen atoms in total. The Balaban J connectivity index is 3.33. The van der Waals surface area contributed by atoms with Crippen molar-refractivity contribution >= 4 is 0 Å². The molecule has 0 rings (SSSR count). The monoisotopic (exact) mass is 233 g/mol. The van der Waals surface area contributed by atoms with E-state index in [2.05, 4.69) is 0 Å². The SMILES string of the molecule is CCOCC(C)OCCCCC(C)(O)CN. The number of hydrogen-bond acceptors (Lipinski definition) is 4. The van der Waals surface area contributed by atoms with Gasteiger partial charge < -0.3 is 20.3 Å². The van der Waals surface area contributed by atoms with E-state index < -0.39 is 5.60 Å². The predicted molar refractivity (Wildman–Crippen MR) is 65.4 cm³/mol. The van der Waals surface area contributed by atoms with Gasteiger partial charge in [-0.05, 0) is 40.0 Å². The maximum absolute atomic E-state index is 9.66. The first-order valence-corrected chi connectivity index (χ1v) is 6.13. The molecular weight excluding hydrogens is 206 g/mol. The summed E-state index contributed by atoms with van der Waals surface area (Å²) in [7, 11) is 0. The van der Waals surface area contributed by atoms with E-state index in [4.69, 9.17) is 15.2 Å². The number of aliphatic hydroxyl groups is 1. The van der Waals surface area contributed by atoms with Crippen LogP contribution in [0.1, 0.15) is 40.0 Å². The minimum Gasteiger partial charge on any atom is -0.389 e. The molecule has 2 atom stereocenters. The fourth-order valence-electron chi connectivity index (χ4n) is 1.33. The lowest BCUT2D eigenvalue weighted by molar-refractivity contribution is -0.00699. The summed E-state index contributed by atoms with van der Waals surface area (Å²) < 4.78 is 10.8. The molecule has 2 unspecified atom stereocenters. The first-order valence-electron chi connectivity index (χ1n) is 6.13. The highest BCUT2D eigenvalue weighted by Gasteiger charge is 2.16. The van der Waals surface area contributed by atoms with E-state index in [9.17, 15) is 5.11 Å². The third kappa shape index (κ3) is 9.09. The maximum atomic E-state index is 9.66. The normalized spacial score (nSPS) is 17.1. The molecule has 0 aliphatic heterocycles. The molecule has 0 saturated carbocycles. The summed E-state index contributed by atoms with van der Waals surface area (Å²) in [5.41, 5.74) is 4.70. The van der Waals surface area contributed by atoms with E-state index in [0.29, 0.717) is 13.2 Å². The molecule has 0 radical (unpaired) electrons. The fraction of sp³-hybridized carbons (Fsp3) is 1.00. The van der Waals surface area contributed by atoms with Crippen molar-refractivity contribution in [1.82, 2.24) is 0 Å². The van der Waals surface area contributed by atoms with Crippen molar-refractivity contribution in [1.29, 1.82) is 0 Å². The molecule has 0 amide bonds. The van der Waals surface area contributed by atoms with Crippen LogP contribution in [0.25, 0.3) is 0 Å². The van der Waals surface area contributed by atoms with Gasteiger partial charge in [-0.3, -0.25) is 0 Å². The van der Waals surface area contributed by atoms with Crippen molar-refractivity contribution in [3.8, 4) is 0 Å². The minimum atomic E-state index is -0.725. The lowest BCUT2D eigenvalue weighted by Gasteiger charge is -2.20. The third-order valence-electron chi connectivity index (χ3n) is 2.51. The third-order valence-corrected chi connectivity index (χ3v) is 2.51. The molecule has 0 aromatic heterocycles. The summed E-state index contributed by atoms with van der Waals surface area (Å²) in [5.74, 6) is 0. The Morgan fingerprint density at radius 3 is 2.62 bits per heavy atom. The molecule has 3 N–H and O–H groups in total. The minimum absolute atomic E-state index is 0.148. The average Bonchev–Trinajstić information content (AvgIpc) is 2.25. The first-order chi connectivity index (χ1) is 7.52. The van der Waals surface area contributed by atoms with E-state index in [1.54, 1.807) is 6.92 Å². The van der Waals surface area contributed by atoms with E-state index in [0.717, 1.165) is 32.5 Å². The van der Waals surface area contributed by atoms with E-state index in [-0.39, 0.29) is 6.10 Å². The molecule has 0 aromatic rings. The zero-order valence-electron chi connectivity index (χ0n) is 10.9. The van der Waals surface area contributed by atoms with E-state index in [1.165, 1.54) is 0 Å². The van der Waals surface area contributed by atoms with Gasteiger partial charge in [0.25, 0.3) is 0 Å². The molecule has 0 bridgehead atoms. The molecule has 4 heteroatoms. The highest BCUT2D eigenvalue weighted by atomic mass is 16.5.